The highest BCUT2D eigenvalue weighted by Crippen LogP contribution is 2.27. The van der Waals surface area contributed by atoms with Crippen LogP contribution >= 0.6 is 0 Å². The largest absolute Gasteiger partial charge is 0.348 e. The van der Waals surface area contributed by atoms with Gasteiger partial charge in [-0.05, 0) is 61.9 Å². The highest BCUT2D eigenvalue weighted by Gasteiger charge is 2.24. The van der Waals surface area contributed by atoms with Crippen LogP contribution in [0.25, 0.3) is 5.69 Å². The maximum absolute atomic E-state index is 13.0. The van der Waals surface area contributed by atoms with Gasteiger partial charge in [-0.15, -0.1) is 0 Å². The van der Waals surface area contributed by atoms with E-state index in [0.29, 0.717) is 18.2 Å². The quantitative estimate of drug-likeness (QED) is 0.266. The van der Waals surface area contributed by atoms with Crippen LogP contribution in [-0.4, -0.2) is 49.7 Å². The first-order valence-corrected chi connectivity index (χ1v) is 14.2. The number of hydrogen-bond acceptors (Lipinski definition) is 4. The zero-order valence-electron chi connectivity index (χ0n) is 24.3. The van der Waals surface area contributed by atoms with Gasteiger partial charge in [-0.25, -0.2) is 14.5 Å². The number of amides is 3. The van der Waals surface area contributed by atoms with E-state index in [0.717, 1.165) is 60.7 Å². The predicted molar refractivity (Wildman–Crippen MR) is 161 cm³/mol. The molecule has 2 aromatic carbocycles. The number of anilines is 2. The van der Waals surface area contributed by atoms with Gasteiger partial charge in [-0.3, -0.25) is 10.1 Å². The lowest BCUT2D eigenvalue weighted by Gasteiger charge is -2.32. The smallest absolute Gasteiger partial charge is 0.324 e. The highest BCUT2D eigenvalue weighted by molar-refractivity contribution is 5.99. The van der Waals surface area contributed by atoms with Crippen LogP contribution in [-0.2, 0) is 23.1 Å². The van der Waals surface area contributed by atoms with Gasteiger partial charge in [0.2, 0.25) is 5.91 Å². The first kappa shape index (κ1) is 28.1. The summed E-state index contributed by atoms with van der Waals surface area (Å²) in [6.45, 7) is 9.92. The minimum absolute atomic E-state index is 0.151. The van der Waals surface area contributed by atoms with Crippen molar-refractivity contribution >= 4 is 23.4 Å². The summed E-state index contributed by atoms with van der Waals surface area (Å²) in [5.41, 5.74) is 5.59. The Hall–Kier alpha value is -4.40. The molecule has 0 unspecified atom stereocenters. The average molecular weight is 554 g/mol. The van der Waals surface area contributed by atoms with E-state index in [2.05, 4.69) is 53.5 Å². The molecule has 5 rings (SSSR count). The molecular formula is C32H39N7O2. The SMILES string of the molecule is Cc1ccc(-n2nc(C(C)(C)C)cc2NC(=O)Nc2ccc(CC3CCN(C(=O)Cc4cnc[nH]4)CC3)cc2)cc1. The molecule has 9 nitrogen and oxygen atoms in total. The molecule has 3 N–H and O–H groups in total. The number of carbonyl (C=O) groups excluding carboxylic acids is 2. The lowest BCUT2D eigenvalue weighted by Crippen LogP contribution is -2.39. The number of benzene rings is 2. The van der Waals surface area contributed by atoms with Crippen molar-refractivity contribution < 1.29 is 9.59 Å². The zero-order chi connectivity index (χ0) is 29.0. The minimum atomic E-state index is -0.321. The molecular weight excluding hydrogens is 514 g/mol. The van der Waals surface area contributed by atoms with Crippen LogP contribution < -0.4 is 10.6 Å². The maximum Gasteiger partial charge on any atom is 0.324 e. The van der Waals surface area contributed by atoms with Gasteiger partial charge in [0.1, 0.15) is 5.82 Å². The van der Waals surface area contributed by atoms with Crippen molar-refractivity contribution in [2.75, 3.05) is 23.7 Å². The van der Waals surface area contributed by atoms with Crippen molar-refractivity contribution in [2.45, 2.75) is 58.8 Å². The Kier molecular flexibility index (Phi) is 8.23. The van der Waals surface area contributed by atoms with Gasteiger partial charge >= 0.3 is 6.03 Å². The molecule has 1 saturated heterocycles. The summed E-state index contributed by atoms with van der Waals surface area (Å²) in [5, 5.41) is 10.7. The normalized spacial score (nSPS) is 14.2. The van der Waals surface area contributed by atoms with Gasteiger partial charge in [0.05, 0.1) is 24.1 Å². The number of carbonyl (C=O) groups is 2. The van der Waals surface area contributed by atoms with Crippen LogP contribution in [0.5, 0.6) is 0 Å². The Labute approximate surface area is 241 Å². The first-order valence-electron chi connectivity index (χ1n) is 14.2. The maximum atomic E-state index is 13.0. The average Bonchev–Trinajstić information content (AvgIpc) is 3.61. The number of hydrogen-bond donors (Lipinski definition) is 3. The fraction of sp³-hybridized carbons (Fsp3) is 0.375. The Bertz CT molecular complexity index is 1460. The van der Waals surface area contributed by atoms with Gasteiger partial charge < -0.3 is 15.2 Å². The van der Waals surface area contributed by atoms with Crippen molar-refractivity contribution in [3.05, 3.63) is 89.6 Å². The number of nitrogens with zero attached hydrogens (tertiary/aromatic N) is 4. The van der Waals surface area contributed by atoms with Gasteiger partial charge in [0.15, 0.2) is 0 Å². The first-order chi connectivity index (χ1) is 19.6. The molecule has 1 aliphatic rings. The van der Waals surface area contributed by atoms with Gasteiger partial charge in [-0.2, -0.15) is 5.10 Å². The Morgan fingerprint density at radius 2 is 1.71 bits per heavy atom. The third-order valence-electron chi connectivity index (χ3n) is 7.60. The van der Waals surface area contributed by atoms with E-state index in [1.54, 1.807) is 17.2 Å². The number of H-pyrrole nitrogens is 1. The number of aryl methyl sites for hydroxylation is 1. The van der Waals surface area contributed by atoms with Crippen molar-refractivity contribution in [1.29, 1.82) is 0 Å². The van der Waals surface area contributed by atoms with Crippen LogP contribution in [0.4, 0.5) is 16.3 Å². The number of urea groups is 1. The molecule has 0 saturated carbocycles. The molecule has 0 atom stereocenters. The molecule has 1 fully saturated rings. The molecule has 0 aliphatic carbocycles. The van der Waals surface area contributed by atoms with Crippen LogP contribution in [0.3, 0.4) is 0 Å². The Morgan fingerprint density at radius 1 is 1.00 bits per heavy atom. The number of likely N-dealkylation sites (tertiary alicyclic amines) is 1. The molecule has 0 radical (unpaired) electrons. The summed E-state index contributed by atoms with van der Waals surface area (Å²) in [5.74, 6) is 1.30. The van der Waals surface area contributed by atoms with Gasteiger partial charge in [-0.1, -0.05) is 50.6 Å². The molecule has 3 heterocycles. The Balaban J connectivity index is 1.15. The van der Waals surface area contributed by atoms with E-state index < -0.39 is 0 Å². The molecule has 0 bridgehead atoms. The topological polar surface area (TPSA) is 108 Å². The van der Waals surface area contributed by atoms with Gasteiger partial charge in [0, 0.05) is 42.1 Å². The summed E-state index contributed by atoms with van der Waals surface area (Å²) < 4.78 is 1.78. The third-order valence-corrected chi connectivity index (χ3v) is 7.60. The molecule has 2 aromatic heterocycles. The highest BCUT2D eigenvalue weighted by atomic mass is 16.2. The number of imidazole rings is 1. The molecule has 9 heteroatoms. The van der Waals surface area contributed by atoms with Crippen molar-refractivity contribution in [3.63, 3.8) is 0 Å². The number of aromatic amines is 1. The molecule has 0 spiro atoms. The summed E-state index contributed by atoms with van der Waals surface area (Å²) >= 11 is 0. The monoisotopic (exact) mass is 553 g/mol. The van der Waals surface area contributed by atoms with E-state index in [4.69, 9.17) is 5.10 Å². The van der Waals surface area contributed by atoms with E-state index >= 15 is 0 Å². The second kappa shape index (κ2) is 12.0. The second-order valence-electron chi connectivity index (χ2n) is 12.0. The third kappa shape index (κ3) is 7.22. The fourth-order valence-electron chi connectivity index (χ4n) is 5.10. The predicted octanol–water partition coefficient (Wildman–Crippen LogP) is 5.87. The van der Waals surface area contributed by atoms with E-state index in [1.807, 2.05) is 54.3 Å². The fourth-order valence-corrected chi connectivity index (χ4v) is 5.10. The van der Waals surface area contributed by atoms with E-state index in [-0.39, 0.29) is 17.4 Å². The molecule has 214 valence electrons. The molecule has 41 heavy (non-hydrogen) atoms. The van der Waals surface area contributed by atoms with Gasteiger partial charge in [0.25, 0.3) is 0 Å². The standard InChI is InChI=1S/C32H39N7O2/c1-22-5-11-27(12-6-22)39-29(19-28(37-39)32(2,3)4)36-31(41)35-25-9-7-23(8-10-25)17-24-13-15-38(16-14-24)30(40)18-26-20-33-21-34-26/h5-12,19-21,24H,13-18H2,1-4H3,(H,33,34)(H2,35,36,41). The molecule has 4 aromatic rings. The van der Waals surface area contributed by atoms with E-state index in [1.165, 1.54) is 5.56 Å². The zero-order valence-corrected chi connectivity index (χ0v) is 24.3. The summed E-state index contributed by atoms with van der Waals surface area (Å²) in [7, 11) is 0. The summed E-state index contributed by atoms with van der Waals surface area (Å²) in [4.78, 5) is 34.5. The number of rotatable bonds is 7. The summed E-state index contributed by atoms with van der Waals surface area (Å²) in [6.07, 6.45) is 6.62. The van der Waals surface area contributed by atoms with Crippen molar-refractivity contribution in [2.24, 2.45) is 5.92 Å². The lowest BCUT2D eigenvalue weighted by molar-refractivity contribution is -0.131. The minimum Gasteiger partial charge on any atom is -0.348 e. The van der Waals surface area contributed by atoms with Crippen LogP contribution in [0.1, 0.15) is 56.1 Å². The Morgan fingerprint density at radius 3 is 2.34 bits per heavy atom. The second-order valence-corrected chi connectivity index (χ2v) is 12.0. The molecule has 1 aliphatic heterocycles. The summed E-state index contributed by atoms with van der Waals surface area (Å²) in [6, 6.07) is 17.7. The number of nitrogens with one attached hydrogen (secondary N) is 3. The van der Waals surface area contributed by atoms with Crippen LogP contribution in [0.2, 0.25) is 0 Å². The lowest BCUT2D eigenvalue weighted by atomic mass is 9.90. The van der Waals surface area contributed by atoms with Crippen LogP contribution in [0, 0.1) is 12.8 Å². The van der Waals surface area contributed by atoms with E-state index in [9.17, 15) is 9.59 Å². The van der Waals surface area contributed by atoms with Crippen molar-refractivity contribution in [1.82, 2.24) is 24.6 Å². The number of piperidine rings is 1. The molecule has 3 amide bonds. The number of aromatic nitrogens is 4. The van der Waals surface area contributed by atoms with Crippen molar-refractivity contribution in [3.8, 4) is 5.69 Å². The van der Waals surface area contributed by atoms with Crippen LogP contribution in [0.15, 0.2) is 67.1 Å².